The van der Waals surface area contributed by atoms with Gasteiger partial charge in [-0.1, -0.05) is 29.8 Å². The second-order valence-electron chi connectivity index (χ2n) is 5.98. The quantitative estimate of drug-likeness (QED) is 0.464. The van der Waals surface area contributed by atoms with E-state index in [4.69, 9.17) is 9.78 Å². The highest BCUT2D eigenvalue weighted by Gasteiger charge is 2.32. The SMILES string of the molecule is Cc1ccc(C(=O)C(C)(C)OOC(C)(C)C)cc1. The predicted molar refractivity (Wildman–Crippen MR) is 71.5 cm³/mol. The number of hydrogen-bond acceptors (Lipinski definition) is 3. The lowest BCUT2D eigenvalue weighted by molar-refractivity contribution is -0.383. The third-order valence-electron chi connectivity index (χ3n) is 2.36. The molecule has 0 amide bonds. The molecule has 0 fully saturated rings. The zero-order chi connectivity index (χ0) is 14.0. The maximum absolute atomic E-state index is 12.3. The van der Waals surface area contributed by atoms with Crippen molar-refractivity contribution in [3.05, 3.63) is 35.4 Å². The lowest BCUT2D eigenvalue weighted by atomic mass is 9.96. The van der Waals surface area contributed by atoms with Crippen LogP contribution in [0, 0.1) is 6.92 Å². The average Bonchev–Trinajstić information content (AvgIpc) is 2.26. The van der Waals surface area contributed by atoms with Gasteiger partial charge in [0.1, 0.15) is 0 Å². The minimum Gasteiger partial charge on any atom is -0.291 e. The zero-order valence-electron chi connectivity index (χ0n) is 12.0. The Morgan fingerprint density at radius 3 is 1.89 bits per heavy atom. The van der Waals surface area contributed by atoms with Crippen LogP contribution in [0.2, 0.25) is 0 Å². The maximum atomic E-state index is 12.3. The largest absolute Gasteiger partial charge is 0.291 e. The molecule has 1 aromatic carbocycles. The van der Waals surface area contributed by atoms with Gasteiger partial charge in [0, 0.05) is 5.56 Å². The van der Waals surface area contributed by atoms with Crippen molar-refractivity contribution in [2.75, 3.05) is 0 Å². The van der Waals surface area contributed by atoms with Gasteiger partial charge in [0.05, 0.1) is 5.60 Å². The van der Waals surface area contributed by atoms with Gasteiger partial charge in [-0.3, -0.25) is 4.79 Å². The number of carbonyl (C=O) groups excluding carboxylic acids is 1. The van der Waals surface area contributed by atoms with Gasteiger partial charge in [0.15, 0.2) is 11.4 Å². The van der Waals surface area contributed by atoms with Crippen molar-refractivity contribution in [3.8, 4) is 0 Å². The monoisotopic (exact) mass is 250 g/mol. The van der Waals surface area contributed by atoms with Crippen LogP contribution in [0.1, 0.15) is 50.5 Å². The summed E-state index contributed by atoms with van der Waals surface area (Å²) in [6.07, 6.45) is 0. The van der Waals surface area contributed by atoms with E-state index in [-0.39, 0.29) is 5.78 Å². The fraction of sp³-hybridized carbons (Fsp3) is 0.533. The molecule has 100 valence electrons. The molecule has 0 saturated heterocycles. The summed E-state index contributed by atoms with van der Waals surface area (Å²) in [5.74, 6) is -0.0910. The van der Waals surface area contributed by atoms with Crippen LogP contribution in [0.5, 0.6) is 0 Å². The molecule has 3 heteroatoms. The molecule has 0 aliphatic carbocycles. The van der Waals surface area contributed by atoms with Gasteiger partial charge >= 0.3 is 0 Å². The maximum Gasteiger partial charge on any atom is 0.197 e. The first-order valence-corrected chi connectivity index (χ1v) is 6.10. The average molecular weight is 250 g/mol. The van der Waals surface area contributed by atoms with E-state index in [1.807, 2.05) is 39.8 Å². The number of carbonyl (C=O) groups is 1. The van der Waals surface area contributed by atoms with Crippen LogP contribution < -0.4 is 0 Å². The van der Waals surface area contributed by atoms with Crippen LogP contribution in [-0.4, -0.2) is 17.0 Å². The summed E-state index contributed by atoms with van der Waals surface area (Å²) in [6, 6.07) is 7.43. The van der Waals surface area contributed by atoms with Gasteiger partial charge in [-0.25, -0.2) is 9.78 Å². The standard InChI is InChI=1S/C15H22O3/c1-11-7-9-12(10-8-11)13(16)15(5,6)18-17-14(2,3)4/h7-10H,1-6H3. The summed E-state index contributed by atoms with van der Waals surface area (Å²) in [4.78, 5) is 22.8. The highest BCUT2D eigenvalue weighted by molar-refractivity contribution is 6.01. The summed E-state index contributed by atoms with van der Waals surface area (Å²) < 4.78 is 0. The number of aryl methyl sites for hydroxylation is 1. The molecule has 3 nitrogen and oxygen atoms in total. The number of ketones is 1. The summed E-state index contributed by atoms with van der Waals surface area (Å²) in [6.45, 7) is 11.0. The summed E-state index contributed by atoms with van der Waals surface area (Å²) >= 11 is 0. The van der Waals surface area contributed by atoms with Gasteiger partial charge < -0.3 is 0 Å². The second kappa shape index (κ2) is 5.21. The van der Waals surface area contributed by atoms with E-state index in [1.165, 1.54) is 0 Å². The Bertz CT molecular complexity index is 410. The molecule has 0 N–H and O–H groups in total. The molecule has 0 aliphatic rings. The summed E-state index contributed by atoms with van der Waals surface area (Å²) in [5, 5.41) is 0. The molecular formula is C15H22O3. The van der Waals surface area contributed by atoms with Crippen molar-refractivity contribution in [2.45, 2.75) is 52.7 Å². The smallest absolute Gasteiger partial charge is 0.197 e. The molecule has 0 unspecified atom stereocenters. The van der Waals surface area contributed by atoms with Crippen LogP contribution in [0.3, 0.4) is 0 Å². The van der Waals surface area contributed by atoms with E-state index < -0.39 is 11.2 Å². The Labute approximate surface area is 109 Å². The minimum atomic E-state index is -0.997. The molecule has 1 aromatic rings. The first kappa shape index (κ1) is 14.9. The van der Waals surface area contributed by atoms with Crippen molar-refractivity contribution in [1.82, 2.24) is 0 Å². The van der Waals surface area contributed by atoms with E-state index >= 15 is 0 Å². The van der Waals surface area contributed by atoms with Crippen LogP contribution in [-0.2, 0) is 9.78 Å². The fourth-order valence-corrected chi connectivity index (χ4v) is 1.32. The van der Waals surface area contributed by atoms with E-state index in [2.05, 4.69) is 0 Å². The Morgan fingerprint density at radius 1 is 0.944 bits per heavy atom. The Hall–Kier alpha value is -1.19. The van der Waals surface area contributed by atoms with Crippen molar-refractivity contribution in [3.63, 3.8) is 0 Å². The molecule has 1 rings (SSSR count). The summed E-state index contributed by atoms with van der Waals surface area (Å²) in [5.41, 5.74) is 0.312. The van der Waals surface area contributed by atoms with E-state index in [1.54, 1.807) is 26.0 Å². The van der Waals surface area contributed by atoms with Crippen molar-refractivity contribution in [2.24, 2.45) is 0 Å². The van der Waals surface area contributed by atoms with Gasteiger partial charge in [-0.2, -0.15) is 0 Å². The molecule has 0 spiro atoms. The van der Waals surface area contributed by atoms with Crippen LogP contribution in [0.15, 0.2) is 24.3 Å². The third kappa shape index (κ3) is 4.24. The lowest BCUT2D eigenvalue weighted by Gasteiger charge is -2.27. The van der Waals surface area contributed by atoms with E-state index in [0.29, 0.717) is 5.56 Å². The molecule has 0 aromatic heterocycles. The molecule has 0 bridgehead atoms. The molecule has 0 atom stereocenters. The summed E-state index contributed by atoms with van der Waals surface area (Å²) in [7, 11) is 0. The molecular weight excluding hydrogens is 228 g/mol. The third-order valence-corrected chi connectivity index (χ3v) is 2.36. The predicted octanol–water partition coefficient (Wildman–Crippen LogP) is 3.70. The van der Waals surface area contributed by atoms with Gasteiger partial charge in [0.2, 0.25) is 0 Å². The number of hydrogen-bond donors (Lipinski definition) is 0. The molecule has 18 heavy (non-hydrogen) atoms. The highest BCUT2D eigenvalue weighted by Crippen LogP contribution is 2.21. The Morgan fingerprint density at radius 2 is 1.44 bits per heavy atom. The second-order valence-corrected chi connectivity index (χ2v) is 5.98. The number of benzene rings is 1. The van der Waals surface area contributed by atoms with Crippen molar-refractivity contribution >= 4 is 5.78 Å². The number of rotatable bonds is 4. The van der Waals surface area contributed by atoms with Crippen LogP contribution in [0.4, 0.5) is 0 Å². The van der Waals surface area contributed by atoms with E-state index in [9.17, 15) is 4.79 Å². The lowest BCUT2D eigenvalue weighted by Crippen LogP contribution is -2.38. The molecule has 0 radical (unpaired) electrons. The Kier molecular flexibility index (Phi) is 4.30. The molecule has 0 aliphatic heterocycles. The molecule has 0 saturated carbocycles. The highest BCUT2D eigenvalue weighted by atomic mass is 17.2. The van der Waals surface area contributed by atoms with Crippen LogP contribution in [0.25, 0.3) is 0 Å². The topological polar surface area (TPSA) is 35.5 Å². The van der Waals surface area contributed by atoms with Gasteiger partial charge in [0.25, 0.3) is 0 Å². The molecule has 0 heterocycles. The van der Waals surface area contributed by atoms with Gasteiger partial charge in [-0.15, -0.1) is 0 Å². The van der Waals surface area contributed by atoms with Gasteiger partial charge in [-0.05, 0) is 41.5 Å². The van der Waals surface area contributed by atoms with Crippen molar-refractivity contribution < 1.29 is 14.6 Å². The van der Waals surface area contributed by atoms with Crippen molar-refractivity contribution in [1.29, 1.82) is 0 Å². The zero-order valence-corrected chi connectivity index (χ0v) is 12.0. The first-order valence-electron chi connectivity index (χ1n) is 6.10. The first-order chi connectivity index (χ1) is 8.12. The minimum absolute atomic E-state index is 0.0910. The van der Waals surface area contributed by atoms with E-state index in [0.717, 1.165) is 5.56 Å². The fourth-order valence-electron chi connectivity index (χ4n) is 1.32. The normalized spacial score (nSPS) is 12.6. The van der Waals surface area contributed by atoms with Crippen LogP contribution >= 0.6 is 0 Å². The number of Topliss-reactive ketones (excluding diaryl/α,β-unsaturated/α-hetero) is 1. The Balaban J connectivity index is 2.78.